The maximum atomic E-state index is 12.4. The van der Waals surface area contributed by atoms with Gasteiger partial charge >= 0.3 is 5.97 Å². The number of methoxy groups -OCH3 is 1. The zero-order valence-electron chi connectivity index (χ0n) is 15.6. The summed E-state index contributed by atoms with van der Waals surface area (Å²) in [5, 5.41) is 2.19. The summed E-state index contributed by atoms with van der Waals surface area (Å²) in [6, 6.07) is 12.0. The Balaban J connectivity index is 1.30. The Labute approximate surface area is 159 Å². The van der Waals surface area contributed by atoms with E-state index in [9.17, 15) is 9.59 Å². The van der Waals surface area contributed by atoms with Crippen molar-refractivity contribution in [2.45, 2.75) is 32.3 Å². The third kappa shape index (κ3) is 4.07. The van der Waals surface area contributed by atoms with Gasteiger partial charge in [0.15, 0.2) is 0 Å². The van der Waals surface area contributed by atoms with Gasteiger partial charge in [0.1, 0.15) is 12.4 Å². The number of likely N-dealkylation sites (tertiary alicyclic amines) is 1. The zero-order valence-corrected chi connectivity index (χ0v) is 15.6. The number of fused-ring (bicyclic) bond motifs is 1. The minimum atomic E-state index is -0.150. The van der Waals surface area contributed by atoms with Crippen LogP contribution >= 0.6 is 0 Å². The summed E-state index contributed by atoms with van der Waals surface area (Å²) in [7, 11) is 1.65. The predicted molar refractivity (Wildman–Crippen MR) is 102 cm³/mol. The van der Waals surface area contributed by atoms with E-state index in [2.05, 4.69) is 0 Å². The molecule has 2 aliphatic rings. The first kappa shape index (κ1) is 17.8. The van der Waals surface area contributed by atoms with Crippen molar-refractivity contribution in [3.8, 4) is 5.75 Å². The maximum Gasteiger partial charge on any atom is 0.309 e. The molecule has 1 saturated carbocycles. The summed E-state index contributed by atoms with van der Waals surface area (Å²) in [4.78, 5) is 26.4. The molecule has 0 aromatic heterocycles. The molecule has 0 atom stereocenters. The molecule has 2 fully saturated rings. The van der Waals surface area contributed by atoms with E-state index in [0.29, 0.717) is 25.9 Å². The van der Waals surface area contributed by atoms with Gasteiger partial charge in [0.2, 0.25) is 5.91 Å². The van der Waals surface area contributed by atoms with E-state index in [1.165, 1.54) is 0 Å². The highest BCUT2D eigenvalue weighted by Gasteiger charge is 2.36. The topological polar surface area (TPSA) is 55.8 Å². The van der Waals surface area contributed by atoms with E-state index in [0.717, 1.165) is 34.9 Å². The summed E-state index contributed by atoms with van der Waals surface area (Å²) >= 11 is 0. The van der Waals surface area contributed by atoms with Crippen molar-refractivity contribution in [2.75, 3.05) is 20.2 Å². The average molecular weight is 367 g/mol. The molecule has 2 aromatic rings. The number of carbonyl (C=O) groups excluding carboxylic acids is 2. The first-order valence-electron chi connectivity index (χ1n) is 9.66. The Morgan fingerprint density at radius 1 is 0.963 bits per heavy atom. The van der Waals surface area contributed by atoms with Crippen LogP contribution < -0.4 is 4.74 Å². The van der Waals surface area contributed by atoms with Crippen LogP contribution in [0.5, 0.6) is 5.75 Å². The van der Waals surface area contributed by atoms with Crippen molar-refractivity contribution in [1.29, 1.82) is 0 Å². The lowest BCUT2D eigenvalue weighted by Crippen LogP contribution is -2.41. The van der Waals surface area contributed by atoms with Crippen LogP contribution in [0.1, 0.15) is 31.2 Å². The monoisotopic (exact) mass is 367 g/mol. The summed E-state index contributed by atoms with van der Waals surface area (Å²) in [5.41, 5.74) is 0.974. The molecule has 5 heteroatoms. The molecule has 5 nitrogen and oxygen atoms in total. The molecular weight excluding hydrogens is 342 g/mol. The molecule has 142 valence electrons. The molecule has 1 saturated heterocycles. The zero-order chi connectivity index (χ0) is 18.8. The van der Waals surface area contributed by atoms with E-state index >= 15 is 0 Å². The lowest BCUT2D eigenvalue weighted by atomic mass is 9.96. The lowest BCUT2D eigenvalue weighted by Gasteiger charge is -2.31. The first-order chi connectivity index (χ1) is 13.1. The Kier molecular flexibility index (Phi) is 5.01. The lowest BCUT2D eigenvalue weighted by molar-refractivity contribution is -0.153. The van der Waals surface area contributed by atoms with E-state index in [-0.39, 0.29) is 30.3 Å². The number of nitrogens with zero attached hydrogens (tertiary/aromatic N) is 1. The number of piperidine rings is 1. The fourth-order valence-electron chi connectivity index (χ4n) is 3.69. The van der Waals surface area contributed by atoms with Gasteiger partial charge in [-0.2, -0.15) is 0 Å². The number of carbonyl (C=O) groups is 2. The van der Waals surface area contributed by atoms with E-state index < -0.39 is 0 Å². The van der Waals surface area contributed by atoms with Gasteiger partial charge in [0.05, 0.1) is 13.0 Å². The highest BCUT2D eigenvalue weighted by atomic mass is 16.5. The summed E-state index contributed by atoms with van der Waals surface area (Å²) in [5.74, 6) is 1.10. The molecule has 0 bridgehead atoms. The van der Waals surface area contributed by atoms with Gasteiger partial charge in [-0.25, -0.2) is 0 Å². The Morgan fingerprint density at radius 2 is 1.67 bits per heavy atom. The number of amides is 1. The number of rotatable bonds is 5. The van der Waals surface area contributed by atoms with Crippen LogP contribution in [0.15, 0.2) is 36.4 Å². The predicted octanol–water partition coefficient (Wildman–Crippen LogP) is 3.54. The molecule has 1 aliphatic heterocycles. The molecular formula is C22H25NO4. The first-order valence-corrected chi connectivity index (χ1v) is 9.66. The summed E-state index contributed by atoms with van der Waals surface area (Å²) < 4.78 is 10.8. The quantitative estimate of drug-likeness (QED) is 0.759. The molecule has 0 N–H and O–H groups in total. The Bertz CT molecular complexity index is 851. The number of esters is 1. The summed E-state index contributed by atoms with van der Waals surface area (Å²) in [6.45, 7) is 1.63. The Hall–Kier alpha value is -2.56. The Morgan fingerprint density at radius 3 is 2.37 bits per heavy atom. The van der Waals surface area contributed by atoms with Gasteiger partial charge in [-0.15, -0.1) is 0 Å². The number of ether oxygens (including phenoxy) is 2. The van der Waals surface area contributed by atoms with Crippen LogP contribution in [0.3, 0.4) is 0 Å². The number of hydrogen-bond acceptors (Lipinski definition) is 4. The van der Waals surface area contributed by atoms with Gasteiger partial charge in [-0.1, -0.05) is 18.2 Å². The molecule has 27 heavy (non-hydrogen) atoms. The van der Waals surface area contributed by atoms with Crippen LogP contribution in [-0.2, 0) is 20.9 Å². The van der Waals surface area contributed by atoms with Crippen molar-refractivity contribution >= 4 is 22.6 Å². The van der Waals surface area contributed by atoms with Gasteiger partial charge in [-0.05, 0) is 60.2 Å². The standard InChI is InChI=1S/C22H25NO4/c1-26-20-7-6-18-12-15(2-3-19(18)13-20)14-27-22(25)17-8-10-23(11-9-17)21(24)16-4-5-16/h2-3,6-7,12-13,16-17H,4-5,8-11,14H2,1H3. The second kappa shape index (κ2) is 7.59. The molecule has 4 rings (SSSR count). The normalized spacial score (nSPS) is 17.7. The molecule has 0 spiro atoms. The van der Waals surface area contributed by atoms with Crippen molar-refractivity contribution < 1.29 is 19.1 Å². The molecule has 1 amide bonds. The van der Waals surface area contributed by atoms with Gasteiger partial charge < -0.3 is 14.4 Å². The van der Waals surface area contributed by atoms with Crippen LogP contribution in [0, 0.1) is 11.8 Å². The van der Waals surface area contributed by atoms with Gasteiger partial charge in [0.25, 0.3) is 0 Å². The second-order valence-electron chi connectivity index (χ2n) is 7.53. The maximum absolute atomic E-state index is 12.4. The van der Waals surface area contributed by atoms with E-state index in [1.807, 2.05) is 41.3 Å². The van der Waals surface area contributed by atoms with Crippen LogP contribution in [0.4, 0.5) is 0 Å². The highest BCUT2D eigenvalue weighted by molar-refractivity contribution is 5.84. The van der Waals surface area contributed by atoms with Gasteiger partial charge in [-0.3, -0.25) is 9.59 Å². The molecule has 2 aromatic carbocycles. The molecule has 1 heterocycles. The van der Waals surface area contributed by atoms with Crippen molar-refractivity contribution in [2.24, 2.45) is 11.8 Å². The fourth-order valence-corrected chi connectivity index (χ4v) is 3.69. The van der Waals surface area contributed by atoms with Crippen molar-refractivity contribution in [3.05, 3.63) is 42.0 Å². The van der Waals surface area contributed by atoms with Crippen LogP contribution in [0.25, 0.3) is 10.8 Å². The second-order valence-corrected chi connectivity index (χ2v) is 7.53. The molecule has 1 aliphatic carbocycles. The summed E-state index contributed by atoms with van der Waals surface area (Å²) in [6.07, 6.45) is 3.46. The van der Waals surface area contributed by atoms with E-state index in [4.69, 9.17) is 9.47 Å². The van der Waals surface area contributed by atoms with E-state index in [1.54, 1.807) is 7.11 Å². The van der Waals surface area contributed by atoms with Crippen LogP contribution in [0.2, 0.25) is 0 Å². The van der Waals surface area contributed by atoms with Crippen molar-refractivity contribution in [1.82, 2.24) is 4.90 Å². The van der Waals surface area contributed by atoms with Crippen molar-refractivity contribution in [3.63, 3.8) is 0 Å². The molecule has 0 radical (unpaired) electrons. The average Bonchev–Trinajstić information content (AvgIpc) is 3.56. The minimum absolute atomic E-state index is 0.0991. The smallest absolute Gasteiger partial charge is 0.309 e. The van der Waals surface area contributed by atoms with Gasteiger partial charge in [0, 0.05) is 19.0 Å². The minimum Gasteiger partial charge on any atom is -0.497 e. The number of hydrogen-bond donors (Lipinski definition) is 0. The third-order valence-electron chi connectivity index (χ3n) is 5.56. The number of benzene rings is 2. The molecule has 0 unspecified atom stereocenters. The highest BCUT2D eigenvalue weighted by Crippen LogP contribution is 2.32. The van der Waals surface area contributed by atoms with Crippen LogP contribution in [-0.4, -0.2) is 37.0 Å². The fraction of sp³-hybridized carbons (Fsp3) is 0.455. The SMILES string of the molecule is COc1ccc2cc(COC(=O)C3CCN(C(=O)C4CC4)CC3)ccc2c1. The third-order valence-corrected chi connectivity index (χ3v) is 5.56. The largest absolute Gasteiger partial charge is 0.497 e.